The topological polar surface area (TPSA) is 38.8 Å². The van der Waals surface area contributed by atoms with Crippen molar-refractivity contribution in [2.75, 3.05) is 33.9 Å². The van der Waals surface area contributed by atoms with Crippen molar-refractivity contribution < 1.29 is 14.3 Å². The van der Waals surface area contributed by atoms with E-state index in [-0.39, 0.29) is 5.97 Å². The van der Waals surface area contributed by atoms with E-state index in [2.05, 4.69) is 4.90 Å². The third kappa shape index (κ3) is 4.18. The fourth-order valence-electron chi connectivity index (χ4n) is 2.10. The van der Waals surface area contributed by atoms with Crippen LogP contribution >= 0.6 is 0 Å². The number of ether oxygens (including phenoxy) is 2. The van der Waals surface area contributed by atoms with E-state index < -0.39 is 0 Å². The second-order valence-corrected chi connectivity index (χ2v) is 3.98. The predicted octanol–water partition coefficient (Wildman–Crippen LogP) is 1.05. The summed E-state index contributed by atoms with van der Waals surface area (Å²) < 4.78 is 9.75. The molecule has 15 heavy (non-hydrogen) atoms. The first-order valence-corrected chi connectivity index (χ1v) is 5.57. The molecule has 0 bridgehead atoms. The molecule has 1 aliphatic rings. The molecule has 88 valence electrons. The van der Waals surface area contributed by atoms with E-state index in [0.29, 0.717) is 19.2 Å². The number of carbonyl (C=O) groups is 1. The molecule has 0 heterocycles. The second kappa shape index (κ2) is 6.80. The quantitative estimate of drug-likeness (QED) is 0.621. The van der Waals surface area contributed by atoms with E-state index >= 15 is 0 Å². The van der Waals surface area contributed by atoms with Gasteiger partial charge in [-0.05, 0) is 12.8 Å². The Kier molecular flexibility index (Phi) is 5.65. The van der Waals surface area contributed by atoms with Crippen LogP contribution in [0.5, 0.6) is 0 Å². The van der Waals surface area contributed by atoms with Crippen LogP contribution in [0.25, 0.3) is 0 Å². The van der Waals surface area contributed by atoms with Gasteiger partial charge in [0.15, 0.2) is 0 Å². The molecule has 0 radical (unpaired) electrons. The van der Waals surface area contributed by atoms with E-state index in [9.17, 15) is 4.79 Å². The molecule has 0 N–H and O–H groups in total. The van der Waals surface area contributed by atoms with Crippen molar-refractivity contribution in [3.05, 3.63) is 0 Å². The second-order valence-electron chi connectivity index (χ2n) is 3.98. The van der Waals surface area contributed by atoms with Crippen molar-refractivity contribution in [2.45, 2.75) is 31.7 Å². The minimum atomic E-state index is -0.155. The normalized spacial score (nSPS) is 17.3. The number of methoxy groups -OCH3 is 2. The Morgan fingerprint density at radius 3 is 2.53 bits per heavy atom. The SMILES string of the molecule is COCCN(CC(=O)OC)C1CCCC1. The van der Waals surface area contributed by atoms with Gasteiger partial charge in [-0.15, -0.1) is 0 Å². The lowest BCUT2D eigenvalue weighted by molar-refractivity contribution is -0.142. The smallest absolute Gasteiger partial charge is 0.319 e. The van der Waals surface area contributed by atoms with Gasteiger partial charge in [-0.3, -0.25) is 9.69 Å². The molecule has 0 unspecified atom stereocenters. The maximum Gasteiger partial charge on any atom is 0.319 e. The van der Waals surface area contributed by atoms with Crippen molar-refractivity contribution in [3.8, 4) is 0 Å². The maximum atomic E-state index is 11.2. The van der Waals surface area contributed by atoms with Gasteiger partial charge in [0.25, 0.3) is 0 Å². The van der Waals surface area contributed by atoms with Crippen LogP contribution < -0.4 is 0 Å². The number of carbonyl (C=O) groups excluding carboxylic acids is 1. The van der Waals surface area contributed by atoms with Crippen LogP contribution in [0, 0.1) is 0 Å². The number of hydrogen-bond donors (Lipinski definition) is 0. The summed E-state index contributed by atoms with van der Waals surface area (Å²) in [5, 5.41) is 0. The molecule has 4 nitrogen and oxygen atoms in total. The minimum absolute atomic E-state index is 0.155. The van der Waals surface area contributed by atoms with Gasteiger partial charge in [0.2, 0.25) is 0 Å². The minimum Gasteiger partial charge on any atom is -0.468 e. The van der Waals surface area contributed by atoms with Crippen LogP contribution in [0.15, 0.2) is 0 Å². The molecule has 0 aromatic rings. The summed E-state index contributed by atoms with van der Waals surface area (Å²) in [4.78, 5) is 13.4. The first kappa shape index (κ1) is 12.5. The summed E-state index contributed by atoms with van der Waals surface area (Å²) in [6.45, 7) is 1.88. The third-order valence-corrected chi connectivity index (χ3v) is 2.98. The number of esters is 1. The molecule has 0 saturated heterocycles. The summed E-state index contributed by atoms with van der Waals surface area (Å²) in [7, 11) is 3.12. The van der Waals surface area contributed by atoms with Crippen molar-refractivity contribution in [1.29, 1.82) is 0 Å². The Labute approximate surface area is 91.5 Å². The Morgan fingerprint density at radius 2 is 2.00 bits per heavy atom. The van der Waals surface area contributed by atoms with Gasteiger partial charge < -0.3 is 9.47 Å². The number of nitrogens with zero attached hydrogens (tertiary/aromatic N) is 1. The largest absolute Gasteiger partial charge is 0.468 e. The highest BCUT2D eigenvalue weighted by atomic mass is 16.5. The predicted molar refractivity (Wildman–Crippen MR) is 57.7 cm³/mol. The molecule has 0 aromatic carbocycles. The Morgan fingerprint density at radius 1 is 1.33 bits per heavy atom. The summed E-state index contributed by atoms with van der Waals surface area (Å²) in [6.07, 6.45) is 4.94. The standard InChI is InChI=1S/C11H21NO3/c1-14-8-7-12(9-11(13)15-2)10-5-3-4-6-10/h10H,3-9H2,1-2H3. The van der Waals surface area contributed by atoms with Crippen LogP contribution in [0.1, 0.15) is 25.7 Å². The molecule has 1 rings (SSSR count). The number of rotatable bonds is 6. The highest BCUT2D eigenvalue weighted by molar-refractivity contribution is 5.71. The zero-order valence-corrected chi connectivity index (χ0v) is 9.70. The van der Waals surface area contributed by atoms with E-state index in [4.69, 9.17) is 9.47 Å². The molecule has 1 fully saturated rings. The molecule has 0 atom stereocenters. The lowest BCUT2D eigenvalue weighted by Crippen LogP contribution is -2.40. The Balaban J connectivity index is 2.40. The molecule has 1 saturated carbocycles. The average Bonchev–Trinajstić information content (AvgIpc) is 2.77. The van der Waals surface area contributed by atoms with Crippen LogP contribution in [0.2, 0.25) is 0 Å². The van der Waals surface area contributed by atoms with Gasteiger partial charge in [0.05, 0.1) is 20.3 Å². The molecule has 4 heteroatoms. The van der Waals surface area contributed by atoms with E-state index in [1.807, 2.05) is 0 Å². The number of hydrogen-bond acceptors (Lipinski definition) is 4. The van der Waals surface area contributed by atoms with Gasteiger partial charge in [-0.25, -0.2) is 0 Å². The van der Waals surface area contributed by atoms with Crippen molar-refractivity contribution >= 4 is 5.97 Å². The summed E-state index contributed by atoms with van der Waals surface area (Å²) in [5.41, 5.74) is 0. The van der Waals surface area contributed by atoms with E-state index in [1.54, 1.807) is 7.11 Å². The lowest BCUT2D eigenvalue weighted by atomic mass is 10.2. The van der Waals surface area contributed by atoms with Gasteiger partial charge >= 0.3 is 5.97 Å². The van der Waals surface area contributed by atoms with Crippen molar-refractivity contribution in [3.63, 3.8) is 0 Å². The zero-order valence-electron chi connectivity index (χ0n) is 9.70. The van der Waals surface area contributed by atoms with Crippen LogP contribution in [0.3, 0.4) is 0 Å². The molecule has 0 spiro atoms. The Bertz CT molecular complexity index is 190. The summed E-state index contributed by atoms with van der Waals surface area (Å²) in [6, 6.07) is 0.541. The van der Waals surface area contributed by atoms with Crippen molar-refractivity contribution in [1.82, 2.24) is 4.90 Å². The van der Waals surface area contributed by atoms with Crippen LogP contribution in [-0.4, -0.2) is 50.8 Å². The molecular formula is C11H21NO3. The first-order chi connectivity index (χ1) is 7.27. The maximum absolute atomic E-state index is 11.2. The molecule has 1 aliphatic carbocycles. The van der Waals surface area contributed by atoms with Crippen molar-refractivity contribution in [2.24, 2.45) is 0 Å². The zero-order chi connectivity index (χ0) is 11.1. The third-order valence-electron chi connectivity index (χ3n) is 2.98. The molecule has 0 aromatic heterocycles. The molecular weight excluding hydrogens is 194 g/mol. The van der Waals surface area contributed by atoms with Gasteiger partial charge in [0.1, 0.15) is 0 Å². The monoisotopic (exact) mass is 215 g/mol. The fraction of sp³-hybridized carbons (Fsp3) is 0.909. The van der Waals surface area contributed by atoms with Gasteiger partial charge in [-0.1, -0.05) is 12.8 Å². The Hall–Kier alpha value is -0.610. The highest BCUT2D eigenvalue weighted by Gasteiger charge is 2.24. The summed E-state index contributed by atoms with van der Waals surface area (Å²) >= 11 is 0. The van der Waals surface area contributed by atoms with E-state index in [1.165, 1.54) is 32.8 Å². The van der Waals surface area contributed by atoms with Gasteiger partial charge in [0, 0.05) is 19.7 Å². The van der Waals surface area contributed by atoms with Crippen LogP contribution in [0.4, 0.5) is 0 Å². The first-order valence-electron chi connectivity index (χ1n) is 5.57. The van der Waals surface area contributed by atoms with Crippen LogP contribution in [-0.2, 0) is 14.3 Å². The highest BCUT2D eigenvalue weighted by Crippen LogP contribution is 2.23. The summed E-state index contributed by atoms with van der Waals surface area (Å²) in [5.74, 6) is -0.155. The van der Waals surface area contributed by atoms with Gasteiger partial charge in [-0.2, -0.15) is 0 Å². The van der Waals surface area contributed by atoms with E-state index in [0.717, 1.165) is 6.54 Å². The fourth-order valence-corrected chi connectivity index (χ4v) is 2.10. The molecule has 0 amide bonds. The lowest BCUT2D eigenvalue weighted by Gasteiger charge is -2.27. The average molecular weight is 215 g/mol. The molecule has 0 aliphatic heterocycles.